The lowest BCUT2D eigenvalue weighted by Crippen LogP contribution is -2.27. The lowest BCUT2D eigenvalue weighted by molar-refractivity contribution is 0.258. The van der Waals surface area contributed by atoms with E-state index >= 15 is 0 Å². The van der Waals surface area contributed by atoms with Crippen LogP contribution in [-0.2, 0) is 0 Å². The van der Waals surface area contributed by atoms with Crippen molar-refractivity contribution in [3.8, 4) is 0 Å². The van der Waals surface area contributed by atoms with E-state index in [1.54, 1.807) is 0 Å². The quantitative estimate of drug-likeness (QED) is 0.520. The summed E-state index contributed by atoms with van der Waals surface area (Å²) >= 11 is 0. The maximum Gasteiger partial charge on any atom is 0.107 e. The molecule has 2 bridgehead atoms. The fourth-order valence-corrected chi connectivity index (χ4v) is 2.30. The number of hydrogen-bond donors (Lipinski definition) is 1. The maximum absolute atomic E-state index is 12.9. The van der Waals surface area contributed by atoms with Gasteiger partial charge < -0.3 is 5.73 Å². The fraction of sp³-hybridized carbons (Fsp3) is 1.00. The highest BCUT2D eigenvalue weighted by Crippen LogP contribution is 2.45. The van der Waals surface area contributed by atoms with Gasteiger partial charge in [0.25, 0.3) is 0 Å². The summed E-state index contributed by atoms with van der Waals surface area (Å²) in [7, 11) is 0. The minimum Gasteiger partial charge on any atom is -0.327 e. The zero-order valence-corrected chi connectivity index (χ0v) is 5.39. The smallest absolute Gasteiger partial charge is 0.107 e. The van der Waals surface area contributed by atoms with Crippen LogP contribution in [0, 0.1) is 11.8 Å². The van der Waals surface area contributed by atoms with Crippen LogP contribution in [0.5, 0.6) is 0 Å². The predicted molar refractivity (Wildman–Crippen MR) is 33.7 cm³/mol. The van der Waals surface area contributed by atoms with Crippen molar-refractivity contribution in [1.29, 1.82) is 0 Å². The Hall–Kier alpha value is -0.110. The summed E-state index contributed by atoms with van der Waals surface area (Å²) in [6, 6.07) is 0.179. The standard InChI is InChI=1S/C7H12FN/c8-7-4-1-2-5(7)6(9)3-4/h4-7H,1-3,9H2. The molecule has 0 aliphatic heterocycles. The van der Waals surface area contributed by atoms with Gasteiger partial charge in [-0.3, -0.25) is 0 Å². The minimum absolute atomic E-state index is 0.179. The van der Waals surface area contributed by atoms with Gasteiger partial charge in [-0.25, -0.2) is 4.39 Å². The van der Waals surface area contributed by atoms with Crippen molar-refractivity contribution in [1.82, 2.24) is 0 Å². The monoisotopic (exact) mass is 129 g/mol. The van der Waals surface area contributed by atoms with Crippen LogP contribution in [0.25, 0.3) is 0 Å². The van der Waals surface area contributed by atoms with Gasteiger partial charge in [-0.05, 0) is 25.2 Å². The zero-order chi connectivity index (χ0) is 6.43. The molecule has 0 radical (unpaired) electrons. The van der Waals surface area contributed by atoms with Gasteiger partial charge in [-0.1, -0.05) is 0 Å². The second kappa shape index (κ2) is 1.69. The first-order valence-corrected chi connectivity index (χ1v) is 3.68. The van der Waals surface area contributed by atoms with Crippen molar-refractivity contribution in [2.75, 3.05) is 0 Å². The Morgan fingerprint density at radius 3 is 2.33 bits per heavy atom. The van der Waals surface area contributed by atoms with E-state index in [0.717, 1.165) is 19.3 Å². The molecule has 2 aliphatic carbocycles. The average Bonchev–Trinajstić information content (AvgIpc) is 2.25. The summed E-state index contributed by atoms with van der Waals surface area (Å²) in [6.45, 7) is 0. The first-order valence-electron chi connectivity index (χ1n) is 3.68. The highest BCUT2D eigenvalue weighted by molar-refractivity contribution is 4.99. The van der Waals surface area contributed by atoms with E-state index in [4.69, 9.17) is 5.73 Å². The Kier molecular flexibility index (Phi) is 1.06. The second-order valence-corrected chi connectivity index (χ2v) is 3.35. The number of halogens is 1. The molecule has 1 nitrogen and oxygen atoms in total. The molecule has 4 atom stereocenters. The third kappa shape index (κ3) is 0.627. The van der Waals surface area contributed by atoms with E-state index in [-0.39, 0.29) is 12.0 Å². The van der Waals surface area contributed by atoms with Gasteiger partial charge in [0.15, 0.2) is 0 Å². The molecule has 0 aromatic carbocycles. The molecule has 0 saturated heterocycles. The lowest BCUT2D eigenvalue weighted by Gasteiger charge is -2.14. The number of rotatable bonds is 0. The second-order valence-electron chi connectivity index (χ2n) is 3.35. The summed E-state index contributed by atoms with van der Waals surface area (Å²) in [5.41, 5.74) is 5.67. The van der Waals surface area contributed by atoms with Crippen LogP contribution in [0.3, 0.4) is 0 Å². The molecule has 52 valence electrons. The third-order valence-electron chi connectivity index (χ3n) is 2.86. The topological polar surface area (TPSA) is 26.0 Å². The van der Waals surface area contributed by atoms with E-state index < -0.39 is 6.17 Å². The molecule has 4 unspecified atom stereocenters. The van der Waals surface area contributed by atoms with Crippen LogP contribution < -0.4 is 5.73 Å². The number of alkyl halides is 1. The first-order chi connectivity index (χ1) is 4.29. The average molecular weight is 129 g/mol. The molecular weight excluding hydrogens is 117 g/mol. The van der Waals surface area contributed by atoms with Gasteiger partial charge in [-0.15, -0.1) is 0 Å². The van der Waals surface area contributed by atoms with Gasteiger partial charge in [0.05, 0.1) is 0 Å². The molecule has 9 heavy (non-hydrogen) atoms. The Labute approximate surface area is 54.4 Å². The molecule has 2 N–H and O–H groups in total. The number of fused-ring (bicyclic) bond motifs is 2. The molecule has 2 saturated carbocycles. The van der Waals surface area contributed by atoms with E-state index in [1.165, 1.54) is 0 Å². The first kappa shape index (κ1) is 5.66. The Morgan fingerprint density at radius 2 is 2.11 bits per heavy atom. The third-order valence-corrected chi connectivity index (χ3v) is 2.86. The number of hydrogen-bond acceptors (Lipinski definition) is 1. The molecule has 0 aromatic heterocycles. The lowest BCUT2D eigenvalue weighted by atomic mass is 9.96. The molecule has 2 rings (SSSR count). The van der Waals surface area contributed by atoms with Crippen molar-refractivity contribution in [2.45, 2.75) is 31.5 Å². The Morgan fingerprint density at radius 1 is 1.33 bits per heavy atom. The highest BCUT2D eigenvalue weighted by Gasteiger charge is 2.46. The van der Waals surface area contributed by atoms with Crippen LogP contribution in [0.1, 0.15) is 19.3 Å². The summed E-state index contributed by atoms with van der Waals surface area (Å²) in [5.74, 6) is 0.542. The van der Waals surface area contributed by atoms with E-state index in [2.05, 4.69) is 0 Å². The molecule has 2 aliphatic rings. The fourth-order valence-electron chi connectivity index (χ4n) is 2.30. The maximum atomic E-state index is 12.9. The van der Waals surface area contributed by atoms with Crippen molar-refractivity contribution < 1.29 is 4.39 Å². The summed E-state index contributed by atoms with van der Waals surface area (Å²) in [6.07, 6.45) is 2.50. The normalized spacial score (nSPS) is 56.7. The van der Waals surface area contributed by atoms with Gasteiger partial charge in [-0.2, -0.15) is 0 Å². The van der Waals surface area contributed by atoms with E-state index in [9.17, 15) is 4.39 Å². The number of nitrogens with two attached hydrogens (primary N) is 1. The van der Waals surface area contributed by atoms with Crippen LogP contribution in [-0.4, -0.2) is 12.2 Å². The van der Waals surface area contributed by atoms with Crippen LogP contribution in [0.2, 0.25) is 0 Å². The Balaban J connectivity index is 2.16. The molecule has 0 amide bonds. The van der Waals surface area contributed by atoms with Crippen molar-refractivity contribution in [3.05, 3.63) is 0 Å². The highest BCUT2D eigenvalue weighted by atomic mass is 19.1. The molecule has 0 heterocycles. The predicted octanol–water partition coefficient (Wildman–Crippen LogP) is 1.08. The SMILES string of the molecule is NC1CC2CCC1C2F. The van der Waals surface area contributed by atoms with Crippen LogP contribution in [0.15, 0.2) is 0 Å². The summed E-state index contributed by atoms with van der Waals surface area (Å²) < 4.78 is 12.9. The molecule has 0 spiro atoms. The molecular formula is C7H12FN. The summed E-state index contributed by atoms with van der Waals surface area (Å²) in [4.78, 5) is 0. The van der Waals surface area contributed by atoms with E-state index in [1.807, 2.05) is 0 Å². The molecule has 2 fully saturated rings. The minimum atomic E-state index is -0.556. The van der Waals surface area contributed by atoms with Crippen LogP contribution >= 0.6 is 0 Å². The van der Waals surface area contributed by atoms with Crippen molar-refractivity contribution in [2.24, 2.45) is 17.6 Å². The molecule has 2 heteroatoms. The van der Waals surface area contributed by atoms with E-state index in [0.29, 0.717) is 5.92 Å². The molecule has 0 aromatic rings. The van der Waals surface area contributed by atoms with Crippen LogP contribution in [0.4, 0.5) is 4.39 Å². The summed E-state index contributed by atoms with van der Waals surface area (Å²) in [5, 5.41) is 0. The van der Waals surface area contributed by atoms with Crippen molar-refractivity contribution >= 4 is 0 Å². The van der Waals surface area contributed by atoms with Gasteiger partial charge in [0, 0.05) is 12.0 Å². The largest absolute Gasteiger partial charge is 0.327 e. The zero-order valence-electron chi connectivity index (χ0n) is 5.39. The van der Waals surface area contributed by atoms with Gasteiger partial charge in [0.2, 0.25) is 0 Å². The van der Waals surface area contributed by atoms with Gasteiger partial charge >= 0.3 is 0 Å². The van der Waals surface area contributed by atoms with Gasteiger partial charge in [0.1, 0.15) is 6.17 Å². The Bertz CT molecular complexity index is 126. The van der Waals surface area contributed by atoms with Crippen molar-refractivity contribution in [3.63, 3.8) is 0 Å².